The number of carbonyl (C=O) groups excluding carboxylic acids is 1. The number of unbranched alkanes of at least 4 members (excludes halogenated alkanes) is 1. The van der Waals surface area contributed by atoms with Gasteiger partial charge in [-0.3, -0.25) is 4.79 Å². The van der Waals surface area contributed by atoms with E-state index in [1.54, 1.807) is 0 Å². The summed E-state index contributed by atoms with van der Waals surface area (Å²) in [5, 5.41) is 9.56. The highest BCUT2D eigenvalue weighted by molar-refractivity contribution is 6.44. The lowest BCUT2D eigenvalue weighted by molar-refractivity contribution is -0.140. The summed E-state index contributed by atoms with van der Waals surface area (Å²) in [6.07, 6.45) is 3.76. The van der Waals surface area contributed by atoms with Gasteiger partial charge >= 0.3 is 7.12 Å². The molecule has 1 aromatic rings. The van der Waals surface area contributed by atoms with Crippen LogP contribution in [0.1, 0.15) is 24.8 Å². The van der Waals surface area contributed by atoms with Gasteiger partial charge in [0.05, 0.1) is 13.1 Å². The van der Waals surface area contributed by atoms with Crippen molar-refractivity contribution in [1.29, 1.82) is 0 Å². The standard InChI is InChI=1S/C16H23BN2O4/c18-8-2-1-3-16(20)19-10-14(11-19)22-13-5-4-12-6-7-17(21)23-15(12)9-13/h4-5,9,14,21H,1-3,6-8,10-11,18H2. The van der Waals surface area contributed by atoms with E-state index in [2.05, 4.69) is 0 Å². The number of rotatable bonds is 6. The molecule has 1 aromatic carbocycles. The smallest absolute Gasteiger partial charge is 0.522 e. The summed E-state index contributed by atoms with van der Waals surface area (Å²) in [5.41, 5.74) is 6.52. The number of hydrogen-bond acceptors (Lipinski definition) is 5. The van der Waals surface area contributed by atoms with Crippen LogP contribution in [-0.4, -0.2) is 48.7 Å². The lowest BCUT2D eigenvalue weighted by atomic mass is 9.79. The van der Waals surface area contributed by atoms with Crippen molar-refractivity contribution < 1.29 is 19.2 Å². The number of benzene rings is 1. The lowest BCUT2D eigenvalue weighted by Crippen LogP contribution is -2.56. The summed E-state index contributed by atoms with van der Waals surface area (Å²) < 4.78 is 11.3. The highest BCUT2D eigenvalue weighted by Gasteiger charge is 2.32. The van der Waals surface area contributed by atoms with Crippen LogP contribution in [0.2, 0.25) is 6.32 Å². The average molecular weight is 318 g/mol. The van der Waals surface area contributed by atoms with Gasteiger partial charge in [0, 0.05) is 12.5 Å². The first-order valence-electron chi connectivity index (χ1n) is 8.28. The van der Waals surface area contributed by atoms with E-state index >= 15 is 0 Å². The molecule has 2 heterocycles. The van der Waals surface area contributed by atoms with Crippen molar-refractivity contribution in [3.63, 3.8) is 0 Å². The van der Waals surface area contributed by atoms with Crippen LogP contribution in [0.5, 0.6) is 11.5 Å². The van der Waals surface area contributed by atoms with Crippen molar-refractivity contribution in [1.82, 2.24) is 4.90 Å². The van der Waals surface area contributed by atoms with Crippen LogP contribution in [-0.2, 0) is 11.2 Å². The molecule has 0 spiro atoms. The molecule has 1 fully saturated rings. The number of aryl methyl sites for hydroxylation is 1. The van der Waals surface area contributed by atoms with Gasteiger partial charge in [-0.25, -0.2) is 0 Å². The first-order valence-corrected chi connectivity index (χ1v) is 8.28. The average Bonchev–Trinajstić information content (AvgIpc) is 2.50. The molecule has 1 amide bonds. The molecule has 2 aliphatic rings. The first-order chi connectivity index (χ1) is 11.2. The Kier molecular flexibility index (Phi) is 5.08. The van der Waals surface area contributed by atoms with Crippen LogP contribution < -0.4 is 15.1 Å². The van der Waals surface area contributed by atoms with E-state index in [1.165, 1.54) is 0 Å². The number of amides is 1. The molecule has 6 nitrogen and oxygen atoms in total. The fourth-order valence-corrected chi connectivity index (χ4v) is 2.90. The molecule has 2 aliphatic heterocycles. The Morgan fingerprint density at radius 3 is 3.04 bits per heavy atom. The van der Waals surface area contributed by atoms with Gasteiger partial charge in [-0.05, 0) is 43.8 Å². The predicted octanol–water partition coefficient (Wildman–Crippen LogP) is 0.821. The van der Waals surface area contributed by atoms with Gasteiger partial charge in [-0.15, -0.1) is 0 Å². The molecule has 0 aromatic heterocycles. The fourth-order valence-electron chi connectivity index (χ4n) is 2.90. The number of hydrogen-bond donors (Lipinski definition) is 2. The molecule has 0 atom stereocenters. The second kappa shape index (κ2) is 7.23. The highest BCUT2D eigenvalue weighted by Crippen LogP contribution is 2.31. The number of likely N-dealkylation sites (tertiary alicyclic amines) is 1. The Labute approximate surface area is 136 Å². The number of nitrogens with zero attached hydrogens (tertiary/aromatic N) is 1. The van der Waals surface area contributed by atoms with E-state index in [1.807, 2.05) is 23.1 Å². The molecule has 23 heavy (non-hydrogen) atoms. The fraction of sp³-hybridized carbons (Fsp3) is 0.562. The van der Waals surface area contributed by atoms with E-state index in [0.717, 1.165) is 30.6 Å². The van der Waals surface area contributed by atoms with Crippen molar-refractivity contribution >= 4 is 13.0 Å². The molecule has 0 unspecified atom stereocenters. The summed E-state index contributed by atoms with van der Waals surface area (Å²) in [5.74, 6) is 1.59. The van der Waals surface area contributed by atoms with Gasteiger partial charge in [0.1, 0.15) is 17.6 Å². The van der Waals surface area contributed by atoms with E-state index in [0.29, 0.717) is 38.1 Å². The summed E-state index contributed by atoms with van der Waals surface area (Å²) >= 11 is 0. The lowest BCUT2D eigenvalue weighted by Gasteiger charge is -2.39. The SMILES string of the molecule is NCCCCC(=O)N1CC(Oc2ccc3c(c2)OB(O)CC3)C1. The van der Waals surface area contributed by atoms with Crippen molar-refractivity contribution in [2.24, 2.45) is 5.73 Å². The minimum absolute atomic E-state index is 0.0278. The van der Waals surface area contributed by atoms with Gasteiger partial charge in [-0.2, -0.15) is 0 Å². The summed E-state index contributed by atoms with van der Waals surface area (Å²) in [6.45, 7) is 1.89. The van der Waals surface area contributed by atoms with Crippen molar-refractivity contribution in [2.75, 3.05) is 19.6 Å². The summed E-state index contributed by atoms with van der Waals surface area (Å²) in [4.78, 5) is 13.7. The molecule has 1 saturated heterocycles. The predicted molar refractivity (Wildman–Crippen MR) is 87.5 cm³/mol. The highest BCUT2D eigenvalue weighted by atomic mass is 16.5. The topological polar surface area (TPSA) is 85.0 Å². The Bertz CT molecular complexity index is 563. The molecular formula is C16H23BN2O4. The van der Waals surface area contributed by atoms with E-state index in [9.17, 15) is 9.82 Å². The third-order valence-electron chi connectivity index (χ3n) is 4.31. The van der Waals surface area contributed by atoms with E-state index in [-0.39, 0.29) is 12.0 Å². The largest absolute Gasteiger partial charge is 0.536 e. The Morgan fingerprint density at radius 2 is 2.26 bits per heavy atom. The monoisotopic (exact) mass is 318 g/mol. The van der Waals surface area contributed by atoms with Crippen LogP contribution in [0.3, 0.4) is 0 Å². The molecule has 0 aliphatic carbocycles. The van der Waals surface area contributed by atoms with Gasteiger partial charge in [0.15, 0.2) is 0 Å². The van der Waals surface area contributed by atoms with Gasteiger partial charge in [-0.1, -0.05) is 6.07 Å². The second-order valence-electron chi connectivity index (χ2n) is 6.17. The second-order valence-corrected chi connectivity index (χ2v) is 6.17. The Balaban J connectivity index is 1.47. The molecule has 3 N–H and O–H groups in total. The molecular weight excluding hydrogens is 295 g/mol. The normalized spacial score (nSPS) is 17.3. The zero-order chi connectivity index (χ0) is 16.2. The van der Waals surface area contributed by atoms with Crippen LogP contribution in [0.25, 0.3) is 0 Å². The van der Waals surface area contributed by atoms with Gasteiger partial charge in [0.2, 0.25) is 5.91 Å². The number of nitrogens with two attached hydrogens (primary N) is 1. The van der Waals surface area contributed by atoms with E-state index < -0.39 is 7.12 Å². The molecule has 3 rings (SSSR count). The van der Waals surface area contributed by atoms with Crippen LogP contribution in [0, 0.1) is 0 Å². The molecule has 0 bridgehead atoms. The van der Waals surface area contributed by atoms with Gasteiger partial charge in [0.25, 0.3) is 0 Å². The van der Waals surface area contributed by atoms with Crippen molar-refractivity contribution in [3.05, 3.63) is 23.8 Å². The van der Waals surface area contributed by atoms with E-state index in [4.69, 9.17) is 15.1 Å². The van der Waals surface area contributed by atoms with Crippen molar-refractivity contribution in [3.8, 4) is 11.5 Å². The Morgan fingerprint density at radius 1 is 1.43 bits per heavy atom. The maximum absolute atomic E-state index is 11.9. The maximum Gasteiger partial charge on any atom is 0.522 e. The van der Waals surface area contributed by atoms with Crippen LogP contribution >= 0.6 is 0 Å². The number of fused-ring (bicyclic) bond motifs is 1. The third kappa shape index (κ3) is 3.97. The molecule has 7 heteroatoms. The summed E-state index contributed by atoms with van der Waals surface area (Å²) in [6, 6.07) is 5.72. The minimum atomic E-state index is -0.733. The first kappa shape index (κ1) is 16.1. The van der Waals surface area contributed by atoms with Crippen LogP contribution in [0.4, 0.5) is 0 Å². The zero-order valence-corrected chi connectivity index (χ0v) is 13.2. The zero-order valence-electron chi connectivity index (χ0n) is 13.2. The molecule has 0 radical (unpaired) electrons. The van der Waals surface area contributed by atoms with Crippen LogP contribution in [0.15, 0.2) is 18.2 Å². The Hall–Kier alpha value is -1.73. The maximum atomic E-state index is 11.9. The third-order valence-corrected chi connectivity index (χ3v) is 4.31. The number of ether oxygens (including phenoxy) is 1. The summed E-state index contributed by atoms with van der Waals surface area (Å²) in [7, 11) is -0.733. The molecule has 0 saturated carbocycles. The van der Waals surface area contributed by atoms with Crippen molar-refractivity contribution in [2.45, 2.75) is 38.1 Å². The minimum Gasteiger partial charge on any atom is -0.536 e. The number of carbonyl (C=O) groups is 1. The quantitative estimate of drug-likeness (QED) is 0.599. The van der Waals surface area contributed by atoms with Gasteiger partial charge < -0.3 is 25.0 Å². The molecule has 124 valence electrons.